The Morgan fingerprint density at radius 2 is 1.86 bits per heavy atom. The molecular formula is C19H15N5O3S. The number of sulfone groups is 1. The Kier molecular flexibility index (Phi) is 4.16. The van der Waals surface area contributed by atoms with E-state index in [-0.39, 0.29) is 16.5 Å². The van der Waals surface area contributed by atoms with Crippen molar-refractivity contribution in [3.63, 3.8) is 0 Å². The second-order valence-electron chi connectivity index (χ2n) is 6.14. The van der Waals surface area contributed by atoms with Crippen molar-refractivity contribution < 1.29 is 13.5 Å². The third-order valence-electron chi connectivity index (χ3n) is 4.20. The molecule has 0 fully saturated rings. The van der Waals surface area contributed by atoms with Crippen molar-refractivity contribution in [2.24, 2.45) is 4.99 Å². The number of nitrogens with zero attached hydrogens (tertiary/aromatic N) is 4. The highest BCUT2D eigenvalue weighted by Crippen LogP contribution is 2.31. The van der Waals surface area contributed by atoms with Crippen molar-refractivity contribution in [1.82, 2.24) is 19.9 Å². The summed E-state index contributed by atoms with van der Waals surface area (Å²) in [6.45, 7) is 3.52. The number of phenols is 1. The van der Waals surface area contributed by atoms with Crippen molar-refractivity contribution in [3.05, 3.63) is 48.7 Å². The predicted octanol–water partition coefficient (Wildman–Crippen LogP) is 3.13. The molecule has 0 atom stereocenters. The van der Waals surface area contributed by atoms with E-state index in [0.717, 1.165) is 6.26 Å². The van der Waals surface area contributed by atoms with E-state index in [1.807, 2.05) is 0 Å². The van der Waals surface area contributed by atoms with Crippen LogP contribution in [0.1, 0.15) is 0 Å². The van der Waals surface area contributed by atoms with E-state index in [1.165, 1.54) is 18.3 Å². The van der Waals surface area contributed by atoms with Gasteiger partial charge in [-0.1, -0.05) is 18.2 Å². The van der Waals surface area contributed by atoms with E-state index < -0.39 is 9.84 Å². The van der Waals surface area contributed by atoms with Crippen LogP contribution in [0.4, 0.5) is 5.82 Å². The summed E-state index contributed by atoms with van der Waals surface area (Å²) in [4.78, 5) is 20.5. The minimum absolute atomic E-state index is 0.0496. The van der Waals surface area contributed by atoms with Crippen LogP contribution < -0.4 is 0 Å². The number of fused-ring (bicyclic) bond motifs is 1. The fraction of sp³-hybridized carbons (Fsp3) is 0.0526. The predicted molar refractivity (Wildman–Crippen MR) is 107 cm³/mol. The maximum Gasteiger partial charge on any atom is 0.181 e. The first kappa shape index (κ1) is 17.8. The second kappa shape index (κ2) is 6.54. The lowest BCUT2D eigenvalue weighted by atomic mass is 10.1. The van der Waals surface area contributed by atoms with Gasteiger partial charge in [-0.2, -0.15) is 0 Å². The van der Waals surface area contributed by atoms with Crippen molar-refractivity contribution >= 4 is 33.4 Å². The van der Waals surface area contributed by atoms with Crippen LogP contribution in [0.15, 0.2) is 58.5 Å². The fourth-order valence-electron chi connectivity index (χ4n) is 2.80. The molecule has 0 radical (unpaired) electrons. The number of aliphatic imine (C=N–C) groups is 1. The summed E-state index contributed by atoms with van der Waals surface area (Å²) in [7, 11) is -3.28. The maximum atomic E-state index is 11.6. The standard InChI is InChI=1S/C19H15N5O3S/c1-20-18-17(19-23-13-4-3-5-15(25)16(13)24-19)22-14(10-21-18)11-6-8-12(9-7-11)28(2,26)27/h3-10,25H,1H2,2H3,(H,23,24). The van der Waals surface area contributed by atoms with Gasteiger partial charge < -0.3 is 10.1 Å². The summed E-state index contributed by atoms with van der Waals surface area (Å²) in [5.74, 6) is 0.727. The van der Waals surface area contributed by atoms with Crippen molar-refractivity contribution in [3.8, 4) is 28.5 Å². The molecule has 4 rings (SSSR count). The fourth-order valence-corrected chi connectivity index (χ4v) is 3.43. The molecule has 0 saturated heterocycles. The van der Waals surface area contributed by atoms with Gasteiger partial charge in [-0.15, -0.1) is 0 Å². The molecule has 0 spiro atoms. The number of hydrogen-bond acceptors (Lipinski definition) is 7. The number of aromatic hydroxyl groups is 1. The summed E-state index contributed by atoms with van der Waals surface area (Å²) in [6, 6.07) is 11.4. The first-order valence-corrected chi connectivity index (χ1v) is 10.1. The van der Waals surface area contributed by atoms with E-state index in [9.17, 15) is 13.5 Å². The van der Waals surface area contributed by atoms with Gasteiger partial charge in [0.15, 0.2) is 27.2 Å². The monoisotopic (exact) mass is 393 g/mol. The Hall–Kier alpha value is -3.59. The molecule has 0 aliphatic heterocycles. The van der Waals surface area contributed by atoms with Crippen LogP contribution in [0.25, 0.3) is 33.8 Å². The largest absolute Gasteiger partial charge is 0.506 e. The topological polar surface area (TPSA) is 121 Å². The van der Waals surface area contributed by atoms with Crippen LogP contribution in [-0.2, 0) is 9.84 Å². The van der Waals surface area contributed by atoms with Crippen LogP contribution in [0.3, 0.4) is 0 Å². The van der Waals surface area contributed by atoms with E-state index >= 15 is 0 Å². The normalized spacial score (nSPS) is 11.6. The zero-order valence-corrected chi connectivity index (χ0v) is 15.6. The van der Waals surface area contributed by atoms with E-state index in [4.69, 9.17) is 0 Å². The Morgan fingerprint density at radius 1 is 1.11 bits per heavy atom. The first-order valence-electron chi connectivity index (χ1n) is 8.19. The van der Waals surface area contributed by atoms with Crippen LogP contribution in [0, 0.1) is 0 Å². The summed E-state index contributed by atoms with van der Waals surface area (Å²) in [5.41, 5.74) is 2.64. The molecule has 28 heavy (non-hydrogen) atoms. The number of phenolic OH excluding ortho intramolecular Hbond substituents is 1. The smallest absolute Gasteiger partial charge is 0.181 e. The number of aromatic amines is 1. The molecule has 0 bridgehead atoms. The van der Waals surface area contributed by atoms with Crippen LogP contribution in [0.2, 0.25) is 0 Å². The SMILES string of the molecule is C=Nc1ncc(-c2ccc(S(C)(=O)=O)cc2)nc1-c1nc2c(O)cccc2[nH]1. The highest BCUT2D eigenvalue weighted by molar-refractivity contribution is 7.90. The maximum absolute atomic E-state index is 11.6. The molecule has 0 aliphatic rings. The molecule has 0 saturated carbocycles. The van der Waals surface area contributed by atoms with E-state index in [0.29, 0.717) is 33.8 Å². The minimum Gasteiger partial charge on any atom is -0.506 e. The summed E-state index contributed by atoms with van der Waals surface area (Å²) >= 11 is 0. The zero-order valence-electron chi connectivity index (χ0n) is 14.8. The molecule has 0 aliphatic carbocycles. The molecule has 4 aromatic rings. The van der Waals surface area contributed by atoms with Gasteiger partial charge >= 0.3 is 0 Å². The van der Waals surface area contributed by atoms with Crippen LogP contribution in [-0.4, -0.2) is 46.4 Å². The Balaban J connectivity index is 1.84. The Bertz CT molecular complexity index is 1310. The molecule has 2 N–H and O–H groups in total. The summed E-state index contributed by atoms with van der Waals surface area (Å²) in [6.07, 6.45) is 2.69. The number of para-hydroxylation sites is 1. The molecule has 2 heterocycles. The lowest BCUT2D eigenvalue weighted by Gasteiger charge is -2.06. The second-order valence-corrected chi connectivity index (χ2v) is 8.16. The highest BCUT2D eigenvalue weighted by Gasteiger charge is 2.16. The van der Waals surface area contributed by atoms with Gasteiger partial charge in [0, 0.05) is 11.8 Å². The highest BCUT2D eigenvalue weighted by atomic mass is 32.2. The summed E-state index contributed by atoms with van der Waals surface area (Å²) < 4.78 is 23.3. The number of nitrogens with one attached hydrogen (secondary N) is 1. The van der Waals surface area contributed by atoms with Gasteiger partial charge in [0.05, 0.1) is 22.3 Å². The zero-order chi connectivity index (χ0) is 19.9. The van der Waals surface area contributed by atoms with Gasteiger partial charge in [0.1, 0.15) is 11.3 Å². The van der Waals surface area contributed by atoms with Gasteiger partial charge in [-0.05, 0) is 31.0 Å². The van der Waals surface area contributed by atoms with Gasteiger partial charge in [0.2, 0.25) is 0 Å². The lowest BCUT2D eigenvalue weighted by Crippen LogP contribution is -1.97. The molecule has 0 unspecified atom stereocenters. The third kappa shape index (κ3) is 3.12. The lowest BCUT2D eigenvalue weighted by molar-refractivity contribution is 0.480. The quantitative estimate of drug-likeness (QED) is 0.514. The van der Waals surface area contributed by atoms with Crippen molar-refractivity contribution in [2.45, 2.75) is 4.90 Å². The minimum atomic E-state index is -3.28. The average molecular weight is 393 g/mol. The van der Waals surface area contributed by atoms with Crippen molar-refractivity contribution in [2.75, 3.05) is 6.26 Å². The first-order chi connectivity index (χ1) is 13.4. The van der Waals surface area contributed by atoms with E-state index in [1.54, 1.807) is 30.3 Å². The van der Waals surface area contributed by atoms with Gasteiger partial charge in [-0.25, -0.2) is 28.4 Å². The van der Waals surface area contributed by atoms with Gasteiger partial charge in [-0.3, -0.25) is 0 Å². The average Bonchev–Trinajstić information content (AvgIpc) is 3.12. The molecular weight excluding hydrogens is 378 g/mol. The molecule has 8 nitrogen and oxygen atoms in total. The Labute approximate surface area is 160 Å². The van der Waals surface area contributed by atoms with Crippen molar-refractivity contribution in [1.29, 1.82) is 0 Å². The Morgan fingerprint density at radius 3 is 2.50 bits per heavy atom. The molecule has 2 aromatic carbocycles. The third-order valence-corrected chi connectivity index (χ3v) is 5.33. The number of hydrogen-bond donors (Lipinski definition) is 2. The van der Waals surface area contributed by atoms with Gasteiger partial charge in [0.25, 0.3) is 0 Å². The number of H-pyrrole nitrogens is 1. The van der Waals surface area contributed by atoms with Crippen LogP contribution >= 0.6 is 0 Å². The molecule has 9 heteroatoms. The van der Waals surface area contributed by atoms with Crippen LogP contribution in [0.5, 0.6) is 5.75 Å². The number of imidazole rings is 1. The number of benzene rings is 2. The number of aromatic nitrogens is 4. The molecule has 0 amide bonds. The molecule has 2 aromatic heterocycles. The van der Waals surface area contributed by atoms with E-state index in [2.05, 4.69) is 31.6 Å². The number of rotatable bonds is 4. The molecule has 140 valence electrons. The summed E-state index contributed by atoms with van der Waals surface area (Å²) in [5, 5.41) is 9.98.